The van der Waals surface area contributed by atoms with Crippen molar-refractivity contribution in [3.05, 3.63) is 35.4 Å². The summed E-state index contributed by atoms with van der Waals surface area (Å²) in [4.78, 5) is 18.6. The van der Waals surface area contributed by atoms with Crippen molar-refractivity contribution >= 4 is 35.8 Å². The second-order valence-electron chi connectivity index (χ2n) is 6.98. The van der Waals surface area contributed by atoms with Gasteiger partial charge >= 0.3 is 0 Å². The Morgan fingerprint density at radius 1 is 1.35 bits per heavy atom. The molecule has 0 bridgehead atoms. The molecule has 1 aromatic rings. The van der Waals surface area contributed by atoms with Gasteiger partial charge in [0.05, 0.1) is 0 Å². The molecule has 1 aliphatic rings. The monoisotopic (exact) mass is 473 g/mol. The smallest absolute Gasteiger partial charge is 0.251 e. The van der Waals surface area contributed by atoms with E-state index in [2.05, 4.69) is 46.6 Å². The minimum atomic E-state index is -0.0714. The molecule has 2 rings (SSSR count). The van der Waals surface area contributed by atoms with Crippen molar-refractivity contribution in [2.24, 2.45) is 10.9 Å². The highest BCUT2D eigenvalue weighted by atomic mass is 127. The quantitative estimate of drug-likeness (QED) is 0.348. The predicted octanol–water partition coefficient (Wildman–Crippen LogP) is 2.06. The van der Waals surface area contributed by atoms with Crippen molar-refractivity contribution in [2.75, 3.05) is 27.2 Å². The summed E-state index contributed by atoms with van der Waals surface area (Å²) in [7, 11) is 3.43. The Morgan fingerprint density at radius 2 is 2.08 bits per heavy atom. The van der Waals surface area contributed by atoms with Gasteiger partial charge in [-0.25, -0.2) is 0 Å². The summed E-state index contributed by atoms with van der Waals surface area (Å²) in [6.07, 6.45) is 0. The summed E-state index contributed by atoms with van der Waals surface area (Å²) in [6.45, 7) is 9.52. The predicted molar refractivity (Wildman–Crippen MR) is 118 cm³/mol. The third kappa shape index (κ3) is 6.12. The molecule has 2 unspecified atom stereocenters. The van der Waals surface area contributed by atoms with Crippen molar-refractivity contribution in [1.29, 1.82) is 0 Å². The molecule has 0 aliphatic carbocycles. The average molecular weight is 473 g/mol. The molecule has 2 atom stereocenters. The number of hydrogen-bond donors (Lipinski definition) is 3. The summed E-state index contributed by atoms with van der Waals surface area (Å²) in [5.74, 6) is 1.31. The normalized spacial score (nSPS) is 20.6. The lowest BCUT2D eigenvalue weighted by Crippen LogP contribution is -2.46. The van der Waals surface area contributed by atoms with Crippen LogP contribution in [0.5, 0.6) is 0 Å². The van der Waals surface area contributed by atoms with Gasteiger partial charge in [-0.1, -0.05) is 19.1 Å². The zero-order chi connectivity index (χ0) is 18.4. The number of guanidine groups is 1. The van der Waals surface area contributed by atoms with E-state index in [0.29, 0.717) is 30.1 Å². The molecule has 1 aliphatic heterocycles. The van der Waals surface area contributed by atoms with Crippen LogP contribution < -0.4 is 16.0 Å². The number of halogens is 1. The molecule has 3 N–H and O–H groups in total. The van der Waals surface area contributed by atoms with Gasteiger partial charge in [0.25, 0.3) is 5.91 Å². The van der Waals surface area contributed by atoms with Crippen molar-refractivity contribution in [2.45, 2.75) is 39.4 Å². The van der Waals surface area contributed by atoms with E-state index in [9.17, 15) is 4.79 Å². The molecule has 0 aromatic heterocycles. The van der Waals surface area contributed by atoms with Crippen LogP contribution in [-0.4, -0.2) is 56.0 Å². The van der Waals surface area contributed by atoms with Crippen LogP contribution in [0.2, 0.25) is 0 Å². The minimum absolute atomic E-state index is 0. The molecule has 0 spiro atoms. The van der Waals surface area contributed by atoms with E-state index in [1.165, 1.54) is 0 Å². The Labute approximate surface area is 174 Å². The topological polar surface area (TPSA) is 68.8 Å². The lowest BCUT2D eigenvalue weighted by Gasteiger charge is -2.22. The maximum atomic E-state index is 11.7. The van der Waals surface area contributed by atoms with Crippen LogP contribution >= 0.6 is 24.0 Å². The standard InChI is InChI=1S/C19H31N5O.HI/c1-13(2)24-11-14(3)17(12-24)23-19(21-5)22-10-15-7-6-8-16(9-15)18(25)20-4;/h6-9,13-14,17H,10-12H2,1-5H3,(H,20,25)(H2,21,22,23);1H. The number of aliphatic imine (C=N–C) groups is 1. The molecular weight excluding hydrogens is 441 g/mol. The summed E-state index contributed by atoms with van der Waals surface area (Å²) < 4.78 is 0. The Kier molecular flexibility index (Phi) is 9.35. The highest BCUT2D eigenvalue weighted by Crippen LogP contribution is 2.18. The van der Waals surface area contributed by atoms with E-state index >= 15 is 0 Å². The van der Waals surface area contributed by atoms with Gasteiger partial charge in [0.2, 0.25) is 0 Å². The fourth-order valence-corrected chi connectivity index (χ4v) is 3.14. The van der Waals surface area contributed by atoms with Crippen LogP contribution in [0.15, 0.2) is 29.3 Å². The second-order valence-corrected chi connectivity index (χ2v) is 6.98. The first-order chi connectivity index (χ1) is 11.9. The number of likely N-dealkylation sites (tertiary alicyclic amines) is 1. The van der Waals surface area contributed by atoms with Crippen molar-refractivity contribution in [3.8, 4) is 0 Å². The molecule has 26 heavy (non-hydrogen) atoms. The zero-order valence-electron chi connectivity index (χ0n) is 16.4. The number of amides is 1. The summed E-state index contributed by atoms with van der Waals surface area (Å²) in [5, 5.41) is 9.54. The van der Waals surface area contributed by atoms with Crippen molar-refractivity contribution in [3.63, 3.8) is 0 Å². The van der Waals surface area contributed by atoms with E-state index < -0.39 is 0 Å². The fourth-order valence-electron chi connectivity index (χ4n) is 3.14. The van der Waals surface area contributed by atoms with E-state index in [1.807, 2.05) is 24.3 Å². The molecule has 6 nitrogen and oxygen atoms in total. The molecular formula is C19H32IN5O. The first-order valence-electron chi connectivity index (χ1n) is 8.96. The van der Waals surface area contributed by atoms with Crippen molar-refractivity contribution < 1.29 is 4.79 Å². The molecule has 1 saturated heterocycles. The van der Waals surface area contributed by atoms with Gasteiger partial charge in [0.1, 0.15) is 0 Å². The van der Waals surface area contributed by atoms with Gasteiger partial charge in [-0.2, -0.15) is 0 Å². The Hall–Kier alpha value is -1.35. The number of benzene rings is 1. The Balaban J connectivity index is 0.00000338. The summed E-state index contributed by atoms with van der Waals surface area (Å²) >= 11 is 0. The maximum absolute atomic E-state index is 11.7. The zero-order valence-corrected chi connectivity index (χ0v) is 18.7. The van der Waals surface area contributed by atoms with Crippen LogP contribution in [-0.2, 0) is 6.54 Å². The van der Waals surface area contributed by atoms with E-state index in [0.717, 1.165) is 24.6 Å². The minimum Gasteiger partial charge on any atom is -0.355 e. The highest BCUT2D eigenvalue weighted by molar-refractivity contribution is 14.0. The molecule has 0 radical (unpaired) electrons. The van der Waals surface area contributed by atoms with Gasteiger partial charge in [0, 0.05) is 51.4 Å². The average Bonchev–Trinajstić information content (AvgIpc) is 2.99. The molecule has 0 saturated carbocycles. The summed E-state index contributed by atoms with van der Waals surface area (Å²) in [6, 6.07) is 8.58. The number of rotatable bonds is 5. The SMILES string of the molecule is CN=C(NCc1cccc(C(=O)NC)c1)NC1CN(C(C)C)CC1C.I. The lowest BCUT2D eigenvalue weighted by atomic mass is 10.1. The molecule has 1 heterocycles. The number of nitrogens with zero attached hydrogens (tertiary/aromatic N) is 2. The molecule has 146 valence electrons. The number of carbonyl (C=O) groups is 1. The first-order valence-corrected chi connectivity index (χ1v) is 8.96. The molecule has 1 fully saturated rings. The number of hydrogen-bond acceptors (Lipinski definition) is 3. The van der Waals surface area contributed by atoms with Gasteiger partial charge in [-0.3, -0.25) is 14.7 Å². The Bertz CT molecular complexity index is 620. The fraction of sp³-hybridized carbons (Fsp3) is 0.579. The highest BCUT2D eigenvalue weighted by Gasteiger charge is 2.31. The van der Waals surface area contributed by atoms with Crippen LogP contribution in [0.1, 0.15) is 36.7 Å². The van der Waals surface area contributed by atoms with Crippen LogP contribution in [0.25, 0.3) is 0 Å². The Morgan fingerprint density at radius 3 is 2.65 bits per heavy atom. The van der Waals surface area contributed by atoms with Crippen molar-refractivity contribution in [1.82, 2.24) is 20.9 Å². The van der Waals surface area contributed by atoms with E-state index in [1.54, 1.807) is 14.1 Å². The van der Waals surface area contributed by atoms with Crippen LogP contribution in [0.4, 0.5) is 0 Å². The summed E-state index contributed by atoms with van der Waals surface area (Å²) in [5.41, 5.74) is 1.72. The number of nitrogens with one attached hydrogen (secondary N) is 3. The van der Waals surface area contributed by atoms with Crippen LogP contribution in [0, 0.1) is 5.92 Å². The third-order valence-electron chi connectivity index (χ3n) is 4.79. The van der Waals surface area contributed by atoms with Gasteiger partial charge in [-0.15, -0.1) is 24.0 Å². The largest absolute Gasteiger partial charge is 0.355 e. The third-order valence-corrected chi connectivity index (χ3v) is 4.79. The van der Waals surface area contributed by atoms with Gasteiger partial charge in [-0.05, 0) is 37.5 Å². The molecule has 1 aromatic carbocycles. The van der Waals surface area contributed by atoms with Crippen LogP contribution in [0.3, 0.4) is 0 Å². The molecule has 7 heteroatoms. The van der Waals surface area contributed by atoms with Gasteiger partial charge < -0.3 is 16.0 Å². The second kappa shape index (κ2) is 10.7. The lowest BCUT2D eigenvalue weighted by molar-refractivity contribution is 0.0963. The van der Waals surface area contributed by atoms with Gasteiger partial charge in [0.15, 0.2) is 5.96 Å². The van der Waals surface area contributed by atoms with E-state index in [-0.39, 0.29) is 29.9 Å². The maximum Gasteiger partial charge on any atom is 0.251 e. The molecule has 1 amide bonds. The number of carbonyl (C=O) groups excluding carboxylic acids is 1. The first kappa shape index (κ1) is 22.7. The van der Waals surface area contributed by atoms with E-state index in [4.69, 9.17) is 0 Å².